The third kappa shape index (κ3) is 3.47. The summed E-state index contributed by atoms with van der Waals surface area (Å²) in [6.45, 7) is 2.12. The maximum atomic E-state index is 13.1. The van der Waals surface area contributed by atoms with Gasteiger partial charge in [-0.2, -0.15) is 0 Å². The Balaban J connectivity index is 1.43. The number of nitrogens with one attached hydrogen (secondary N) is 1. The number of ketones is 1. The van der Waals surface area contributed by atoms with Gasteiger partial charge in [-0.15, -0.1) is 0 Å². The molecule has 0 bridgehead atoms. The van der Waals surface area contributed by atoms with Crippen molar-refractivity contribution in [1.82, 2.24) is 10.2 Å². The van der Waals surface area contributed by atoms with Gasteiger partial charge in [-0.3, -0.25) is 9.59 Å². The molecule has 2 aliphatic heterocycles. The number of aryl methyl sites for hydroxylation is 1. The molecule has 26 heavy (non-hydrogen) atoms. The summed E-state index contributed by atoms with van der Waals surface area (Å²) in [7, 11) is 0. The molecule has 1 aromatic carbocycles. The van der Waals surface area contributed by atoms with E-state index < -0.39 is 12.0 Å². The van der Waals surface area contributed by atoms with Crippen LogP contribution in [-0.4, -0.2) is 47.1 Å². The second-order valence-electron chi connectivity index (χ2n) is 7.88. The van der Waals surface area contributed by atoms with E-state index in [1.807, 2.05) is 4.90 Å². The van der Waals surface area contributed by atoms with Crippen LogP contribution in [0.2, 0.25) is 0 Å². The molecule has 4 rings (SSSR count). The Morgan fingerprint density at radius 3 is 2.65 bits per heavy atom. The number of rotatable bonds is 4. The second-order valence-corrected chi connectivity index (χ2v) is 8.41. The Kier molecular flexibility index (Phi) is 5.18. The average molecular weight is 371 g/mol. The minimum atomic E-state index is -0.441. The molecule has 1 unspecified atom stereocenters. The molecule has 0 aromatic heterocycles. The van der Waals surface area contributed by atoms with Crippen LogP contribution in [0, 0.1) is 11.8 Å². The quantitative estimate of drug-likeness (QED) is 0.827. The minimum Gasteiger partial charge on any atom is -0.341 e. The minimum absolute atomic E-state index is 0.0645. The average Bonchev–Trinajstić information content (AvgIpc) is 3.31. The van der Waals surface area contributed by atoms with E-state index in [0.717, 1.165) is 45.2 Å². The number of fused-ring (bicyclic) bond motifs is 1. The van der Waals surface area contributed by atoms with Crippen LogP contribution in [-0.2, 0) is 22.4 Å². The van der Waals surface area contributed by atoms with Crippen LogP contribution < -0.4 is 5.32 Å². The maximum Gasteiger partial charge on any atom is 0.240 e. The van der Waals surface area contributed by atoms with Crippen molar-refractivity contribution in [2.24, 2.45) is 11.8 Å². The third-order valence-corrected chi connectivity index (χ3v) is 6.54. The summed E-state index contributed by atoms with van der Waals surface area (Å²) in [6.07, 6.45) is 5.69. The normalized spacial score (nSPS) is 28.2. The smallest absolute Gasteiger partial charge is 0.240 e. The van der Waals surface area contributed by atoms with Crippen molar-refractivity contribution < 1.29 is 9.59 Å². The number of benzene rings is 1. The number of amides is 1. The Bertz CT molecular complexity index is 726. The summed E-state index contributed by atoms with van der Waals surface area (Å²) < 4.78 is 0. The van der Waals surface area contributed by atoms with Crippen molar-refractivity contribution in [1.29, 1.82) is 0 Å². The van der Waals surface area contributed by atoms with Gasteiger partial charge in [0.25, 0.3) is 0 Å². The number of likely N-dealkylation sites (tertiary alicyclic amines) is 1. The fourth-order valence-electron chi connectivity index (χ4n) is 4.71. The zero-order valence-corrected chi connectivity index (χ0v) is 15.9. The predicted octanol–water partition coefficient (Wildman–Crippen LogP) is 2.33. The molecular weight excluding hydrogens is 344 g/mol. The molecule has 3 atom stereocenters. The lowest BCUT2D eigenvalue weighted by atomic mass is 9.79. The number of nitrogens with zero attached hydrogens (tertiary/aromatic N) is 1. The predicted molar refractivity (Wildman–Crippen MR) is 105 cm³/mol. The highest BCUT2D eigenvalue weighted by Gasteiger charge is 2.43. The lowest BCUT2D eigenvalue weighted by Gasteiger charge is -2.27. The molecule has 2 heterocycles. The van der Waals surface area contributed by atoms with E-state index in [4.69, 9.17) is 12.2 Å². The van der Waals surface area contributed by atoms with Crippen molar-refractivity contribution in [3.8, 4) is 0 Å². The third-order valence-electron chi connectivity index (χ3n) is 6.15. The van der Waals surface area contributed by atoms with Crippen molar-refractivity contribution in [3.05, 3.63) is 35.4 Å². The molecule has 2 fully saturated rings. The first-order chi connectivity index (χ1) is 12.6. The zero-order valence-electron chi connectivity index (χ0n) is 15.1. The molecule has 1 aliphatic carbocycles. The fraction of sp³-hybridized carbons (Fsp3) is 0.571. The Labute approximate surface area is 160 Å². The standard InChI is InChI=1S/C21H26N2O2S/c24-17(12-14-7-8-15-5-1-2-6-16(15)11-14)19-18(26)13-22-20(19)21(25)23-9-3-4-10-23/h1-2,5-6,14,19-20,22H,3-4,7-13H2/t14-,19?,20-/m0/s1. The van der Waals surface area contributed by atoms with Gasteiger partial charge >= 0.3 is 0 Å². The highest BCUT2D eigenvalue weighted by atomic mass is 32.1. The zero-order chi connectivity index (χ0) is 18.1. The molecule has 0 spiro atoms. The van der Waals surface area contributed by atoms with Crippen molar-refractivity contribution >= 4 is 28.8 Å². The largest absolute Gasteiger partial charge is 0.341 e. The molecule has 4 nitrogen and oxygen atoms in total. The highest BCUT2D eigenvalue weighted by molar-refractivity contribution is 7.80. The number of Topliss-reactive ketones (excluding diaryl/α,β-unsaturated/α-hetero) is 1. The molecular formula is C21H26N2O2S. The van der Waals surface area contributed by atoms with Gasteiger partial charge in [0, 0.05) is 30.9 Å². The maximum absolute atomic E-state index is 13.1. The van der Waals surface area contributed by atoms with Gasteiger partial charge in [-0.05, 0) is 49.1 Å². The fourth-order valence-corrected chi connectivity index (χ4v) is 5.06. The lowest BCUT2D eigenvalue weighted by molar-refractivity contribution is -0.135. The van der Waals surface area contributed by atoms with Crippen molar-refractivity contribution in [2.75, 3.05) is 19.6 Å². The van der Waals surface area contributed by atoms with Gasteiger partial charge in [0.05, 0.1) is 5.92 Å². The van der Waals surface area contributed by atoms with Crippen LogP contribution >= 0.6 is 12.2 Å². The number of thiocarbonyl (C=S) groups is 1. The second kappa shape index (κ2) is 7.57. The monoisotopic (exact) mass is 370 g/mol. The topological polar surface area (TPSA) is 49.4 Å². The molecule has 2 saturated heterocycles. The summed E-state index contributed by atoms with van der Waals surface area (Å²) >= 11 is 5.46. The van der Waals surface area contributed by atoms with Gasteiger partial charge in [0.1, 0.15) is 11.8 Å². The molecule has 1 N–H and O–H groups in total. The lowest BCUT2D eigenvalue weighted by Crippen LogP contribution is -2.47. The molecule has 3 aliphatic rings. The summed E-state index contributed by atoms with van der Waals surface area (Å²) in [5.41, 5.74) is 2.78. The molecule has 0 radical (unpaired) electrons. The Morgan fingerprint density at radius 1 is 1.15 bits per heavy atom. The number of hydrogen-bond acceptors (Lipinski definition) is 4. The van der Waals surface area contributed by atoms with Crippen LogP contribution in [0.15, 0.2) is 24.3 Å². The first-order valence-corrected chi connectivity index (χ1v) is 10.2. The van der Waals surface area contributed by atoms with Crippen molar-refractivity contribution in [2.45, 2.75) is 44.6 Å². The summed E-state index contributed by atoms with van der Waals surface area (Å²) in [6, 6.07) is 8.08. The van der Waals surface area contributed by atoms with Crippen LogP contribution in [0.4, 0.5) is 0 Å². The van der Waals surface area contributed by atoms with Crippen molar-refractivity contribution in [3.63, 3.8) is 0 Å². The van der Waals surface area contributed by atoms with Gasteiger partial charge in [0.15, 0.2) is 0 Å². The first kappa shape index (κ1) is 17.8. The van der Waals surface area contributed by atoms with Gasteiger partial charge in [-0.25, -0.2) is 0 Å². The molecule has 1 aromatic rings. The molecule has 5 heteroatoms. The molecule has 138 valence electrons. The van der Waals surface area contributed by atoms with Crippen LogP contribution in [0.3, 0.4) is 0 Å². The summed E-state index contributed by atoms with van der Waals surface area (Å²) in [5.74, 6) is 0.162. The van der Waals surface area contributed by atoms with Gasteiger partial charge < -0.3 is 10.2 Å². The van der Waals surface area contributed by atoms with E-state index in [1.54, 1.807) is 0 Å². The Morgan fingerprint density at radius 2 is 1.88 bits per heavy atom. The first-order valence-electron chi connectivity index (χ1n) is 9.78. The molecule has 0 saturated carbocycles. The number of carbonyl (C=O) groups is 2. The van der Waals surface area contributed by atoms with E-state index in [-0.39, 0.29) is 11.7 Å². The van der Waals surface area contributed by atoms with Gasteiger partial charge in [0.2, 0.25) is 5.91 Å². The number of carbonyl (C=O) groups excluding carboxylic acids is 2. The van der Waals surface area contributed by atoms with E-state index in [9.17, 15) is 9.59 Å². The van der Waals surface area contributed by atoms with E-state index in [2.05, 4.69) is 29.6 Å². The van der Waals surface area contributed by atoms with Crippen LogP contribution in [0.1, 0.15) is 36.8 Å². The Hall–Kier alpha value is -1.59. The van der Waals surface area contributed by atoms with E-state index >= 15 is 0 Å². The van der Waals surface area contributed by atoms with Gasteiger partial charge in [-0.1, -0.05) is 36.5 Å². The SMILES string of the molecule is O=C(C[C@H]1CCc2ccccc2C1)C1C(=S)CN[C@@H]1C(=O)N1CCCC1. The highest BCUT2D eigenvalue weighted by Crippen LogP contribution is 2.30. The van der Waals surface area contributed by atoms with Crippen LogP contribution in [0.5, 0.6) is 0 Å². The van der Waals surface area contributed by atoms with E-state index in [1.165, 1.54) is 11.1 Å². The van der Waals surface area contributed by atoms with Crippen LogP contribution in [0.25, 0.3) is 0 Å². The molecule has 1 amide bonds. The van der Waals surface area contributed by atoms with E-state index in [0.29, 0.717) is 23.7 Å². The summed E-state index contributed by atoms with van der Waals surface area (Å²) in [4.78, 5) is 28.5. The summed E-state index contributed by atoms with van der Waals surface area (Å²) in [5, 5.41) is 3.21. The number of hydrogen-bond donors (Lipinski definition) is 1.